The monoisotopic (exact) mass is 351 g/mol. The summed E-state index contributed by atoms with van der Waals surface area (Å²) in [5.74, 6) is 0. The molecule has 1 heterocycles. The van der Waals surface area contributed by atoms with Gasteiger partial charge in [0, 0.05) is 15.6 Å². The first-order chi connectivity index (χ1) is 9.15. The Morgan fingerprint density at radius 2 is 2.00 bits per heavy atom. The van der Waals surface area contributed by atoms with Gasteiger partial charge in [0.05, 0.1) is 10.2 Å². The van der Waals surface area contributed by atoms with Gasteiger partial charge in [-0.1, -0.05) is 34.1 Å². The van der Waals surface area contributed by atoms with E-state index in [1.807, 2.05) is 30.3 Å². The summed E-state index contributed by atoms with van der Waals surface area (Å²) in [5, 5.41) is 0.472. The Kier molecular flexibility index (Phi) is 3.39. The van der Waals surface area contributed by atoms with E-state index in [0.717, 1.165) is 25.3 Å². The van der Waals surface area contributed by atoms with E-state index in [1.165, 1.54) is 0 Å². The molecule has 0 amide bonds. The summed E-state index contributed by atoms with van der Waals surface area (Å²) in [6, 6.07) is 13.2. The number of rotatable bonds is 2. The fourth-order valence-corrected chi connectivity index (χ4v) is 3.56. The third kappa shape index (κ3) is 2.43. The highest BCUT2D eigenvalue weighted by Crippen LogP contribution is 2.34. The number of carbonyl (C=O) groups is 1. The Labute approximate surface area is 127 Å². The van der Waals surface area contributed by atoms with Gasteiger partial charge in [0.2, 0.25) is 0 Å². The number of carbonyl (C=O) groups excluding carboxylic acids is 1. The van der Waals surface area contributed by atoms with Crippen molar-refractivity contribution in [2.45, 2.75) is 0 Å². The van der Waals surface area contributed by atoms with Crippen LogP contribution in [-0.2, 0) is 0 Å². The Hall–Kier alpha value is -1.23. The van der Waals surface area contributed by atoms with E-state index >= 15 is 0 Å². The molecule has 3 rings (SSSR count). The molecule has 0 unspecified atom stereocenters. The molecule has 0 atom stereocenters. The van der Waals surface area contributed by atoms with Gasteiger partial charge in [-0.2, -0.15) is 0 Å². The smallest absolute Gasteiger partial charge is 0.252 e. The number of fused-ring (bicyclic) bond motifs is 1. The fraction of sp³-hybridized carbons (Fsp3) is 0. The molecule has 1 aromatic heterocycles. The van der Waals surface area contributed by atoms with Crippen molar-refractivity contribution in [3.8, 4) is 10.6 Å². The quantitative estimate of drug-likeness (QED) is 0.600. The molecule has 0 aliphatic carbocycles. The lowest BCUT2D eigenvalue weighted by molar-refractivity contribution is 0.108. The molecule has 5 heteroatoms. The van der Waals surface area contributed by atoms with Crippen molar-refractivity contribution >= 4 is 54.3 Å². The first kappa shape index (κ1) is 12.8. The number of hydrogen-bond donors (Lipinski definition) is 0. The molecule has 2 aromatic carbocycles. The van der Waals surface area contributed by atoms with Crippen LogP contribution in [0, 0.1) is 0 Å². The van der Waals surface area contributed by atoms with Crippen LogP contribution in [0.2, 0.25) is 0 Å². The summed E-state index contributed by atoms with van der Waals surface area (Å²) in [7, 11) is 0. The van der Waals surface area contributed by atoms with Crippen LogP contribution in [0.3, 0.4) is 0 Å². The second kappa shape index (κ2) is 5.04. The highest BCUT2D eigenvalue weighted by molar-refractivity contribution is 9.10. The maximum Gasteiger partial charge on any atom is 0.252 e. The third-order valence-electron chi connectivity index (χ3n) is 2.72. The van der Waals surface area contributed by atoms with Crippen molar-refractivity contribution in [1.82, 2.24) is 4.98 Å². The molecule has 0 fully saturated rings. The Balaban J connectivity index is 2.17. The van der Waals surface area contributed by atoms with Crippen molar-refractivity contribution < 1.29 is 4.79 Å². The maximum absolute atomic E-state index is 11.2. The van der Waals surface area contributed by atoms with E-state index < -0.39 is 5.24 Å². The molecule has 0 saturated heterocycles. The average Bonchev–Trinajstić information content (AvgIpc) is 2.81. The highest BCUT2D eigenvalue weighted by Gasteiger charge is 2.10. The molecule has 0 N–H and O–H groups in total. The number of aromatic nitrogens is 1. The van der Waals surface area contributed by atoms with Crippen molar-refractivity contribution in [1.29, 1.82) is 0 Å². The Morgan fingerprint density at radius 3 is 2.74 bits per heavy atom. The zero-order valence-electron chi connectivity index (χ0n) is 9.56. The zero-order valence-corrected chi connectivity index (χ0v) is 12.7. The number of nitrogens with zero attached hydrogens (tertiary/aromatic N) is 1. The summed E-state index contributed by atoms with van der Waals surface area (Å²) in [4.78, 5) is 15.7. The van der Waals surface area contributed by atoms with E-state index in [0.29, 0.717) is 5.56 Å². The molecule has 0 spiro atoms. The lowest BCUT2D eigenvalue weighted by Crippen LogP contribution is -1.86. The van der Waals surface area contributed by atoms with Gasteiger partial charge in [0.25, 0.3) is 5.24 Å². The molecule has 0 bridgehead atoms. The van der Waals surface area contributed by atoms with Gasteiger partial charge < -0.3 is 0 Å². The van der Waals surface area contributed by atoms with Crippen LogP contribution in [0.4, 0.5) is 0 Å². The summed E-state index contributed by atoms with van der Waals surface area (Å²) in [5.41, 5.74) is 2.41. The topological polar surface area (TPSA) is 30.0 Å². The Morgan fingerprint density at radius 1 is 1.21 bits per heavy atom. The number of halogens is 2. The van der Waals surface area contributed by atoms with Gasteiger partial charge in [-0.25, -0.2) is 4.98 Å². The van der Waals surface area contributed by atoms with Gasteiger partial charge in [-0.05, 0) is 35.9 Å². The van der Waals surface area contributed by atoms with Gasteiger partial charge in [0.15, 0.2) is 0 Å². The average molecular weight is 353 g/mol. The normalized spacial score (nSPS) is 10.8. The van der Waals surface area contributed by atoms with Crippen LogP contribution in [0.15, 0.2) is 46.9 Å². The fourth-order valence-electron chi connectivity index (χ4n) is 1.80. The molecule has 0 radical (unpaired) electrons. The molecule has 19 heavy (non-hydrogen) atoms. The van der Waals surface area contributed by atoms with Crippen LogP contribution in [0.25, 0.3) is 20.8 Å². The summed E-state index contributed by atoms with van der Waals surface area (Å²) in [6.07, 6.45) is 0. The second-order valence-electron chi connectivity index (χ2n) is 3.96. The summed E-state index contributed by atoms with van der Waals surface area (Å²) in [6.45, 7) is 0. The van der Waals surface area contributed by atoms with Gasteiger partial charge in [0.1, 0.15) is 5.01 Å². The lowest BCUT2D eigenvalue weighted by atomic mass is 10.2. The van der Waals surface area contributed by atoms with Crippen LogP contribution < -0.4 is 0 Å². The molecular formula is C14H7BrClNOS. The Bertz CT molecular complexity index is 784. The van der Waals surface area contributed by atoms with Crippen molar-refractivity contribution in [2.75, 3.05) is 0 Å². The second-order valence-corrected chi connectivity index (χ2v) is 6.18. The van der Waals surface area contributed by atoms with E-state index in [2.05, 4.69) is 20.9 Å². The molecule has 2 nitrogen and oxygen atoms in total. The predicted octanol–water partition coefficient (Wildman–Crippen LogP) is 5.10. The lowest BCUT2D eigenvalue weighted by Gasteiger charge is -1.97. The number of thiazole rings is 1. The standard InChI is InChI=1S/C14H7BrClNOS/c15-10-4-2-1-3-9(10)14-17-11-6-5-8(13(16)18)7-12(11)19-14/h1-7H. The SMILES string of the molecule is O=C(Cl)c1ccc2nc(-c3ccccc3Br)sc2c1. The van der Waals surface area contributed by atoms with Crippen LogP contribution in [-0.4, -0.2) is 10.2 Å². The van der Waals surface area contributed by atoms with Crippen molar-refractivity contribution in [3.63, 3.8) is 0 Å². The zero-order chi connectivity index (χ0) is 13.4. The molecular weight excluding hydrogens is 346 g/mol. The predicted molar refractivity (Wildman–Crippen MR) is 82.9 cm³/mol. The van der Waals surface area contributed by atoms with E-state index in [1.54, 1.807) is 23.5 Å². The summed E-state index contributed by atoms with van der Waals surface area (Å²) < 4.78 is 1.96. The number of benzene rings is 2. The third-order valence-corrected chi connectivity index (χ3v) is 4.68. The molecule has 0 aliphatic heterocycles. The molecule has 94 valence electrons. The van der Waals surface area contributed by atoms with Gasteiger partial charge in [-0.3, -0.25) is 4.79 Å². The molecule has 0 saturated carbocycles. The highest BCUT2D eigenvalue weighted by atomic mass is 79.9. The summed E-state index contributed by atoms with van der Waals surface area (Å²) >= 11 is 10.6. The molecule has 0 aliphatic rings. The van der Waals surface area contributed by atoms with Crippen LogP contribution in [0.1, 0.15) is 10.4 Å². The first-order valence-electron chi connectivity index (χ1n) is 5.50. The van der Waals surface area contributed by atoms with Crippen molar-refractivity contribution in [3.05, 3.63) is 52.5 Å². The number of hydrogen-bond acceptors (Lipinski definition) is 3. The van der Waals surface area contributed by atoms with Gasteiger partial charge in [-0.15, -0.1) is 11.3 Å². The molecule has 3 aromatic rings. The van der Waals surface area contributed by atoms with Crippen LogP contribution >= 0.6 is 38.9 Å². The van der Waals surface area contributed by atoms with Crippen LogP contribution in [0.5, 0.6) is 0 Å². The van der Waals surface area contributed by atoms with Crippen molar-refractivity contribution in [2.24, 2.45) is 0 Å². The minimum atomic E-state index is -0.447. The first-order valence-corrected chi connectivity index (χ1v) is 7.49. The van der Waals surface area contributed by atoms with Gasteiger partial charge >= 0.3 is 0 Å². The largest absolute Gasteiger partial charge is 0.276 e. The van der Waals surface area contributed by atoms with E-state index in [4.69, 9.17) is 11.6 Å². The maximum atomic E-state index is 11.2. The minimum Gasteiger partial charge on any atom is -0.276 e. The minimum absolute atomic E-state index is 0.447. The van der Waals surface area contributed by atoms with E-state index in [9.17, 15) is 4.79 Å². The van der Waals surface area contributed by atoms with E-state index in [-0.39, 0.29) is 0 Å².